The number of sulfonamides is 1. The number of thiophene rings is 1. The standard InChI is InChI=1S/C13H15N3O3S2/c1-15-13(17)10-4-2-3-5-11(10)16-21(18,19)12-7-6-9(8-14)20-12/h2-7,16H,8,14H2,1H3,(H,15,17). The van der Waals surface area contributed by atoms with Gasteiger partial charge in [0.2, 0.25) is 0 Å². The lowest BCUT2D eigenvalue weighted by Crippen LogP contribution is -2.21. The minimum absolute atomic E-state index is 0.162. The van der Waals surface area contributed by atoms with Crippen molar-refractivity contribution in [1.82, 2.24) is 5.32 Å². The van der Waals surface area contributed by atoms with Crippen molar-refractivity contribution < 1.29 is 13.2 Å². The molecule has 2 rings (SSSR count). The maximum atomic E-state index is 12.3. The maximum absolute atomic E-state index is 12.3. The van der Waals surface area contributed by atoms with Gasteiger partial charge in [-0.25, -0.2) is 8.42 Å². The summed E-state index contributed by atoms with van der Waals surface area (Å²) < 4.78 is 27.2. The SMILES string of the molecule is CNC(=O)c1ccccc1NS(=O)(=O)c1ccc(CN)s1. The van der Waals surface area contributed by atoms with Crippen LogP contribution in [0.4, 0.5) is 5.69 Å². The van der Waals surface area contributed by atoms with Crippen molar-refractivity contribution in [2.45, 2.75) is 10.8 Å². The summed E-state index contributed by atoms with van der Waals surface area (Å²) in [5.41, 5.74) is 5.98. The zero-order valence-corrected chi connectivity index (χ0v) is 12.9. The summed E-state index contributed by atoms with van der Waals surface area (Å²) in [4.78, 5) is 12.5. The summed E-state index contributed by atoms with van der Waals surface area (Å²) in [6.07, 6.45) is 0. The Labute approximate surface area is 127 Å². The third kappa shape index (κ3) is 3.41. The van der Waals surface area contributed by atoms with Crippen LogP contribution in [0.3, 0.4) is 0 Å². The van der Waals surface area contributed by atoms with E-state index in [9.17, 15) is 13.2 Å². The normalized spacial score (nSPS) is 11.1. The Hall–Kier alpha value is -1.90. The van der Waals surface area contributed by atoms with E-state index >= 15 is 0 Å². The fourth-order valence-electron chi connectivity index (χ4n) is 1.71. The predicted octanol–water partition coefficient (Wildman–Crippen LogP) is 1.37. The molecule has 1 amide bonds. The minimum atomic E-state index is -3.73. The number of carbonyl (C=O) groups excluding carboxylic acids is 1. The molecule has 6 nitrogen and oxygen atoms in total. The van der Waals surface area contributed by atoms with Gasteiger partial charge >= 0.3 is 0 Å². The van der Waals surface area contributed by atoms with Gasteiger partial charge in [-0.1, -0.05) is 12.1 Å². The molecule has 0 aliphatic carbocycles. The molecule has 1 heterocycles. The Morgan fingerprint density at radius 2 is 1.95 bits per heavy atom. The summed E-state index contributed by atoms with van der Waals surface area (Å²) in [5, 5.41) is 2.47. The van der Waals surface area contributed by atoms with Gasteiger partial charge in [-0.3, -0.25) is 9.52 Å². The predicted molar refractivity (Wildman–Crippen MR) is 82.9 cm³/mol. The Balaban J connectivity index is 2.35. The number of rotatable bonds is 5. The highest BCUT2D eigenvalue weighted by Crippen LogP contribution is 2.25. The van der Waals surface area contributed by atoms with Crippen LogP contribution < -0.4 is 15.8 Å². The van der Waals surface area contributed by atoms with Crippen molar-refractivity contribution in [3.63, 3.8) is 0 Å². The molecule has 0 radical (unpaired) electrons. The summed E-state index contributed by atoms with van der Waals surface area (Å²) in [6.45, 7) is 0.287. The van der Waals surface area contributed by atoms with E-state index in [1.165, 1.54) is 13.1 Å². The second-order valence-electron chi connectivity index (χ2n) is 4.16. The van der Waals surface area contributed by atoms with Crippen molar-refractivity contribution in [3.8, 4) is 0 Å². The number of nitrogens with two attached hydrogens (primary N) is 1. The van der Waals surface area contributed by atoms with Crippen LogP contribution in [0.15, 0.2) is 40.6 Å². The van der Waals surface area contributed by atoms with Crippen LogP contribution in [-0.4, -0.2) is 21.4 Å². The van der Waals surface area contributed by atoms with Gasteiger partial charge in [-0.2, -0.15) is 0 Å². The number of hydrogen-bond acceptors (Lipinski definition) is 5. The van der Waals surface area contributed by atoms with Crippen molar-refractivity contribution in [2.24, 2.45) is 5.73 Å². The van der Waals surface area contributed by atoms with E-state index in [-0.39, 0.29) is 27.9 Å². The number of benzene rings is 1. The van der Waals surface area contributed by atoms with Crippen LogP contribution in [0.5, 0.6) is 0 Å². The average Bonchev–Trinajstić information content (AvgIpc) is 2.96. The second kappa shape index (κ2) is 6.25. The third-order valence-electron chi connectivity index (χ3n) is 2.75. The fourth-order valence-corrected chi connectivity index (χ4v) is 4.03. The smallest absolute Gasteiger partial charge is 0.271 e. The van der Waals surface area contributed by atoms with Gasteiger partial charge in [0, 0.05) is 18.5 Å². The number of hydrogen-bond donors (Lipinski definition) is 3. The summed E-state index contributed by atoms with van der Waals surface area (Å²) >= 11 is 1.10. The van der Waals surface area contributed by atoms with Crippen molar-refractivity contribution in [3.05, 3.63) is 46.8 Å². The topological polar surface area (TPSA) is 101 Å². The molecule has 0 fully saturated rings. The van der Waals surface area contributed by atoms with Crippen LogP contribution in [0.25, 0.3) is 0 Å². The monoisotopic (exact) mass is 325 g/mol. The largest absolute Gasteiger partial charge is 0.355 e. The van der Waals surface area contributed by atoms with E-state index in [4.69, 9.17) is 5.73 Å². The summed E-state index contributed by atoms with van der Waals surface area (Å²) in [5.74, 6) is -0.359. The van der Waals surface area contributed by atoms with Crippen molar-refractivity contribution >= 4 is 33.0 Å². The molecular weight excluding hydrogens is 310 g/mol. The molecule has 0 unspecified atom stereocenters. The van der Waals surface area contributed by atoms with E-state index in [0.717, 1.165) is 16.2 Å². The van der Waals surface area contributed by atoms with E-state index in [1.807, 2.05) is 0 Å². The number of para-hydroxylation sites is 1. The lowest BCUT2D eigenvalue weighted by atomic mass is 10.2. The van der Waals surface area contributed by atoms with Crippen LogP contribution in [0.1, 0.15) is 15.2 Å². The average molecular weight is 325 g/mol. The highest BCUT2D eigenvalue weighted by molar-refractivity contribution is 7.94. The van der Waals surface area contributed by atoms with Crippen LogP contribution in [0, 0.1) is 0 Å². The van der Waals surface area contributed by atoms with Crippen LogP contribution in [-0.2, 0) is 16.6 Å². The van der Waals surface area contributed by atoms with E-state index in [2.05, 4.69) is 10.0 Å². The van der Waals surface area contributed by atoms with Crippen LogP contribution in [0.2, 0.25) is 0 Å². The number of nitrogens with one attached hydrogen (secondary N) is 2. The first-order chi connectivity index (χ1) is 9.97. The van der Waals surface area contributed by atoms with Gasteiger partial charge < -0.3 is 11.1 Å². The lowest BCUT2D eigenvalue weighted by molar-refractivity contribution is 0.0964. The lowest BCUT2D eigenvalue weighted by Gasteiger charge is -2.10. The molecule has 0 saturated carbocycles. The maximum Gasteiger partial charge on any atom is 0.271 e. The summed E-state index contributed by atoms with van der Waals surface area (Å²) in [6, 6.07) is 9.58. The Bertz CT molecular complexity index is 754. The van der Waals surface area contributed by atoms with Gasteiger partial charge in [0.25, 0.3) is 15.9 Å². The Morgan fingerprint density at radius 1 is 1.24 bits per heavy atom. The Morgan fingerprint density at radius 3 is 2.57 bits per heavy atom. The Kier molecular flexibility index (Phi) is 4.61. The molecule has 0 bridgehead atoms. The molecule has 0 saturated heterocycles. The van der Waals surface area contributed by atoms with Gasteiger partial charge in [0.15, 0.2) is 0 Å². The molecule has 112 valence electrons. The highest BCUT2D eigenvalue weighted by atomic mass is 32.2. The molecule has 21 heavy (non-hydrogen) atoms. The van der Waals surface area contributed by atoms with Gasteiger partial charge in [-0.15, -0.1) is 11.3 Å². The molecule has 0 atom stereocenters. The molecule has 1 aromatic heterocycles. The fraction of sp³-hybridized carbons (Fsp3) is 0.154. The third-order valence-corrected chi connectivity index (χ3v) is 5.71. The second-order valence-corrected chi connectivity index (χ2v) is 7.23. The minimum Gasteiger partial charge on any atom is -0.355 e. The number of anilines is 1. The van der Waals surface area contributed by atoms with Gasteiger partial charge in [0.1, 0.15) is 4.21 Å². The molecule has 0 aliphatic heterocycles. The van der Waals surface area contributed by atoms with Gasteiger partial charge in [-0.05, 0) is 24.3 Å². The molecule has 0 aliphatic rings. The first-order valence-corrected chi connectivity index (χ1v) is 8.40. The summed E-state index contributed by atoms with van der Waals surface area (Å²) in [7, 11) is -2.25. The van der Waals surface area contributed by atoms with Crippen molar-refractivity contribution in [1.29, 1.82) is 0 Å². The molecular formula is C13H15N3O3S2. The molecule has 8 heteroatoms. The first kappa shape index (κ1) is 15.5. The zero-order chi connectivity index (χ0) is 15.5. The van der Waals surface area contributed by atoms with Gasteiger partial charge in [0.05, 0.1) is 11.3 Å². The number of amides is 1. The highest BCUT2D eigenvalue weighted by Gasteiger charge is 2.19. The molecule has 4 N–H and O–H groups in total. The van der Waals surface area contributed by atoms with E-state index in [1.54, 1.807) is 30.3 Å². The van der Waals surface area contributed by atoms with E-state index < -0.39 is 10.0 Å². The molecule has 1 aromatic carbocycles. The van der Waals surface area contributed by atoms with E-state index in [0.29, 0.717) is 0 Å². The van der Waals surface area contributed by atoms with Crippen LogP contribution >= 0.6 is 11.3 Å². The number of carbonyl (C=O) groups is 1. The molecule has 2 aromatic rings. The molecule has 0 spiro atoms. The first-order valence-electron chi connectivity index (χ1n) is 6.10. The quantitative estimate of drug-likeness (QED) is 0.772. The zero-order valence-electron chi connectivity index (χ0n) is 11.3. The van der Waals surface area contributed by atoms with Crippen molar-refractivity contribution in [2.75, 3.05) is 11.8 Å².